The summed E-state index contributed by atoms with van der Waals surface area (Å²) in [5, 5.41) is -0.249. The summed E-state index contributed by atoms with van der Waals surface area (Å²) in [5.41, 5.74) is 1.52. The summed E-state index contributed by atoms with van der Waals surface area (Å²) >= 11 is 0. The van der Waals surface area contributed by atoms with Crippen LogP contribution >= 0.6 is 0 Å². The Morgan fingerprint density at radius 1 is 0.442 bits per heavy atom. The minimum atomic E-state index is -0.677. The quantitative estimate of drug-likeness (QED) is 0.210. The van der Waals surface area contributed by atoms with Gasteiger partial charge in [0.15, 0.2) is 17.5 Å². The maximum absolute atomic E-state index is 9.05. The van der Waals surface area contributed by atoms with E-state index in [1.165, 1.54) is 4.57 Å². The number of hydrogen-bond donors (Lipinski definition) is 0. The summed E-state index contributed by atoms with van der Waals surface area (Å²) < 4.78 is 106. The first-order valence-electron chi connectivity index (χ1n) is 19.4. The SMILES string of the molecule is [2H]c1c([2H])c([2H])c(-c2c([2H])c([2H])c([2H])c3c4c([2H])c([2H])c([2H])c([2H])c4n(-c4ccc(-c5nc(-c6ccccc6)nc(-c6ccccc6)n5)cc4)c23)c([2H])c1[2H]. The third-order valence-corrected chi connectivity index (χ3v) is 7.05. The zero-order valence-electron chi connectivity index (χ0n) is 34.4. The predicted molar refractivity (Wildman–Crippen MR) is 176 cm³/mol. The van der Waals surface area contributed by atoms with Gasteiger partial charge in [0.1, 0.15) is 0 Å². The number of para-hydroxylation sites is 2. The zero-order valence-corrected chi connectivity index (χ0v) is 22.4. The van der Waals surface area contributed by atoms with Crippen molar-refractivity contribution in [2.75, 3.05) is 0 Å². The summed E-state index contributed by atoms with van der Waals surface area (Å²) in [6.07, 6.45) is 0. The first kappa shape index (κ1) is 15.4. The van der Waals surface area contributed by atoms with Crippen molar-refractivity contribution < 1.29 is 16.4 Å². The molecule has 0 amide bonds. The number of nitrogens with zero attached hydrogens (tertiary/aromatic N) is 4. The molecule has 0 aliphatic heterocycles. The van der Waals surface area contributed by atoms with Gasteiger partial charge in [-0.1, -0.05) is 127 Å². The maximum atomic E-state index is 9.05. The van der Waals surface area contributed by atoms with Crippen LogP contribution in [0.4, 0.5) is 0 Å². The predicted octanol–water partition coefficient (Wildman–Crippen LogP) is 9.64. The lowest BCUT2D eigenvalue weighted by Gasteiger charge is -2.13. The molecule has 0 spiro atoms. The number of aromatic nitrogens is 4. The van der Waals surface area contributed by atoms with Gasteiger partial charge in [0.25, 0.3) is 0 Å². The maximum Gasteiger partial charge on any atom is 0.164 e. The minimum Gasteiger partial charge on any atom is -0.309 e. The molecule has 4 nitrogen and oxygen atoms in total. The van der Waals surface area contributed by atoms with Crippen LogP contribution < -0.4 is 0 Å². The van der Waals surface area contributed by atoms with E-state index in [9.17, 15) is 0 Å². The Morgan fingerprint density at radius 2 is 0.977 bits per heavy atom. The van der Waals surface area contributed by atoms with Gasteiger partial charge >= 0.3 is 0 Å². The lowest BCUT2D eigenvalue weighted by Crippen LogP contribution is -2.00. The van der Waals surface area contributed by atoms with Crippen molar-refractivity contribution in [3.05, 3.63) is 157 Å². The smallest absolute Gasteiger partial charge is 0.164 e. The van der Waals surface area contributed by atoms with E-state index in [1.807, 2.05) is 60.7 Å². The Labute approximate surface area is 266 Å². The van der Waals surface area contributed by atoms with Gasteiger partial charge in [-0.25, -0.2) is 15.0 Å². The molecule has 0 atom stereocenters. The second-order valence-electron chi connectivity index (χ2n) is 9.62. The summed E-state index contributed by atoms with van der Waals surface area (Å²) in [6.45, 7) is 0. The van der Waals surface area contributed by atoms with Gasteiger partial charge in [0.05, 0.1) is 27.5 Å². The van der Waals surface area contributed by atoms with Gasteiger partial charge in [-0.2, -0.15) is 0 Å². The zero-order chi connectivity index (χ0) is 39.0. The van der Waals surface area contributed by atoms with Crippen molar-refractivity contribution in [1.82, 2.24) is 19.5 Å². The lowest BCUT2D eigenvalue weighted by molar-refractivity contribution is 1.07. The van der Waals surface area contributed by atoms with Crippen LogP contribution in [0.1, 0.15) is 16.4 Å². The van der Waals surface area contributed by atoms with Crippen LogP contribution in [0.3, 0.4) is 0 Å². The summed E-state index contributed by atoms with van der Waals surface area (Å²) in [7, 11) is 0. The monoisotopic (exact) mass is 562 g/mol. The minimum absolute atomic E-state index is 0.0845. The molecular formula is C39H26N4. The highest BCUT2D eigenvalue weighted by molar-refractivity contribution is 6.13. The van der Waals surface area contributed by atoms with Crippen molar-refractivity contribution >= 4 is 21.8 Å². The number of fused-ring (bicyclic) bond motifs is 3. The molecule has 202 valence electrons. The molecule has 0 saturated heterocycles. The standard InChI is InChI=1S/C39H26N4/c1-4-13-27(14-5-1)32-20-12-21-34-33-19-10-11-22-35(33)43(36(32)34)31-25-23-30(24-26-31)39-41-37(28-15-6-2-7-16-28)40-38(42-39)29-17-8-3-9-18-29/h1-26H/i1D,4D,5D,10D,11D,12D,13D,14D,19D,20D,21D,22D. The lowest BCUT2D eigenvalue weighted by atomic mass is 10.0. The Kier molecular flexibility index (Phi) is 3.76. The third kappa shape index (κ3) is 4.46. The number of rotatable bonds is 5. The molecule has 8 rings (SSSR count). The van der Waals surface area contributed by atoms with Gasteiger partial charge in [-0.3, -0.25) is 0 Å². The molecule has 0 saturated carbocycles. The molecule has 0 radical (unpaired) electrons. The Morgan fingerprint density at radius 3 is 1.60 bits per heavy atom. The van der Waals surface area contributed by atoms with E-state index in [-0.39, 0.29) is 27.4 Å². The molecule has 0 fully saturated rings. The second-order valence-corrected chi connectivity index (χ2v) is 9.62. The average Bonchev–Trinajstić information content (AvgIpc) is 3.57. The molecule has 0 aliphatic rings. The van der Waals surface area contributed by atoms with E-state index in [0.29, 0.717) is 28.7 Å². The van der Waals surface area contributed by atoms with Crippen LogP contribution in [0.25, 0.3) is 72.8 Å². The molecular weight excluding hydrogens is 524 g/mol. The fraction of sp³-hybridized carbons (Fsp3) is 0. The van der Waals surface area contributed by atoms with E-state index in [2.05, 4.69) is 0 Å². The van der Waals surface area contributed by atoms with Gasteiger partial charge in [0.2, 0.25) is 0 Å². The van der Waals surface area contributed by atoms with Crippen molar-refractivity contribution in [3.8, 4) is 51.0 Å². The summed E-state index contributed by atoms with van der Waals surface area (Å²) in [4.78, 5) is 14.3. The fourth-order valence-corrected chi connectivity index (χ4v) is 5.08. The van der Waals surface area contributed by atoms with Crippen LogP contribution in [0.2, 0.25) is 0 Å². The van der Waals surface area contributed by atoms with Gasteiger partial charge in [0, 0.05) is 38.7 Å². The molecule has 6 aromatic carbocycles. The fourth-order valence-electron chi connectivity index (χ4n) is 5.08. The normalized spacial score (nSPS) is 15.2. The van der Waals surface area contributed by atoms with Gasteiger partial charge in [-0.15, -0.1) is 0 Å². The third-order valence-electron chi connectivity index (χ3n) is 7.05. The van der Waals surface area contributed by atoms with E-state index < -0.39 is 78.1 Å². The molecule has 0 bridgehead atoms. The van der Waals surface area contributed by atoms with Gasteiger partial charge < -0.3 is 4.57 Å². The molecule has 8 aromatic rings. The van der Waals surface area contributed by atoms with E-state index in [1.54, 1.807) is 24.3 Å². The first-order chi connectivity index (χ1) is 26.3. The summed E-state index contributed by atoms with van der Waals surface area (Å²) in [6, 6.07) is 18.3. The van der Waals surface area contributed by atoms with Crippen molar-refractivity contribution in [2.24, 2.45) is 0 Å². The van der Waals surface area contributed by atoms with E-state index in [4.69, 9.17) is 31.4 Å². The second kappa shape index (κ2) is 10.5. The van der Waals surface area contributed by atoms with Crippen LogP contribution in [0.15, 0.2) is 157 Å². The largest absolute Gasteiger partial charge is 0.309 e. The topological polar surface area (TPSA) is 43.6 Å². The van der Waals surface area contributed by atoms with Crippen LogP contribution in [0.5, 0.6) is 0 Å². The highest BCUT2D eigenvalue weighted by atomic mass is 15.0. The first-order valence-corrected chi connectivity index (χ1v) is 13.4. The Balaban J connectivity index is 1.45. The van der Waals surface area contributed by atoms with Gasteiger partial charge in [-0.05, 0) is 35.9 Å². The van der Waals surface area contributed by atoms with Crippen LogP contribution in [0, 0.1) is 0 Å². The van der Waals surface area contributed by atoms with Crippen molar-refractivity contribution in [2.45, 2.75) is 0 Å². The molecule has 4 heteroatoms. The average molecular weight is 563 g/mol. The molecule has 2 aromatic heterocycles. The molecule has 0 unspecified atom stereocenters. The highest BCUT2D eigenvalue weighted by Gasteiger charge is 2.17. The van der Waals surface area contributed by atoms with Crippen molar-refractivity contribution in [3.63, 3.8) is 0 Å². The molecule has 2 heterocycles. The molecule has 0 N–H and O–H groups in total. The van der Waals surface area contributed by atoms with E-state index in [0.717, 1.165) is 11.1 Å². The van der Waals surface area contributed by atoms with E-state index >= 15 is 0 Å². The van der Waals surface area contributed by atoms with Crippen LogP contribution in [-0.4, -0.2) is 19.5 Å². The molecule has 0 aliphatic carbocycles. The van der Waals surface area contributed by atoms with Crippen molar-refractivity contribution in [1.29, 1.82) is 0 Å². The Bertz CT molecular complexity index is 2790. The Hall–Kier alpha value is -5.87. The highest BCUT2D eigenvalue weighted by Crippen LogP contribution is 2.38. The number of hydrogen-bond acceptors (Lipinski definition) is 3. The number of benzene rings is 6. The summed E-state index contributed by atoms with van der Waals surface area (Å²) in [5.74, 6) is 1.21. The molecule has 43 heavy (non-hydrogen) atoms. The van der Waals surface area contributed by atoms with Crippen LogP contribution in [-0.2, 0) is 0 Å².